The summed E-state index contributed by atoms with van der Waals surface area (Å²) in [6.07, 6.45) is 3.23. The predicted molar refractivity (Wildman–Crippen MR) is 115 cm³/mol. The highest BCUT2D eigenvalue weighted by atomic mass is 32.2. The topological polar surface area (TPSA) is 62.4 Å². The van der Waals surface area contributed by atoms with Gasteiger partial charge in [-0.3, -0.25) is 4.21 Å². The van der Waals surface area contributed by atoms with Crippen molar-refractivity contribution < 1.29 is 9.05 Å². The summed E-state index contributed by atoms with van der Waals surface area (Å²) >= 11 is 0. The van der Waals surface area contributed by atoms with Crippen LogP contribution in [0.2, 0.25) is 0 Å². The number of rotatable bonds is 6. The van der Waals surface area contributed by atoms with Gasteiger partial charge in [-0.2, -0.15) is 5.26 Å². The third-order valence-electron chi connectivity index (χ3n) is 5.33. The molecule has 0 saturated heterocycles. The van der Waals surface area contributed by atoms with Crippen molar-refractivity contribution in [1.29, 1.82) is 5.26 Å². The Labute approximate surface area is 169 Å². The molecule has 0 aromatic heterocycles. The summed E-state index contributed by atoms with van der Waals surface area (Å²) < 4.78 is 11.6. The van der Waals surface area contributed by atoms with E-state index in [9.17, 15) is 9.47 Å². The highest BCUT2D eigenvalue weighted by molar-refractivity contribution is 7.84. The van der Waals surface area contributed by atoms with Crippen molar-refractivity contribution in [2.75, 3.05) is 6.26 Å². The molecule has 2 aromatic carbocycles. The summed E-state index contributed by atoms with van der Waals surface area (Å²) in [5.41, 5.74) is 4.76. The summed E-state index contributed by atoms with van der Waals surface area (Å²) in [7, 11) is -0.843. The normalized spacial score (nSPS) is 18.7. The molecule has 0 bridgehead atoms. The third-order valence-corrected chi connectivity index (χ3v) is 6.66. The second-order valence-electron chi connectivity index (χ2n) is 7.91. The molecule has 1 aliphatic heterocycles. The van der Waals surface area contributed by atoms with E-state index in [1.54, 1.807) is 6.26 Å². The van der Waals surface area contributed by atoms with Gasteiger partial charge in [0.2, 0.25) is 0 Å². The van der Waals surface area contributed by atoms with Crippen LogP contribution >= 0.6 is 0 Å². The van der Waals surface area contributed by atoms with Crippen molar-refractivity contribution in [2.24, 2.45) is 5.16 Å². The van der Waals surface area contributed by atoms with Gasteiger partial charge in [-0.1, -0.05) is 60.6 Å². The first kappa shape index (κ1) is 20.3. The van der Waals surface area contributed by atoms with E-state index in [0.29, 0.717) is 0 Å². The molecule has 0 aliphatic carbocycles. The molecular weight excluding hydrogens is 368 g/mol. The standard InChI is InChI=1S/C23H26N2O2S/c1-16(28(4)26)13-21-14-22(25-27-21)19-7-5-17(6-8-19)18-9-11-20(12-10-18)23(2,3)15-24/h5-12,16,21H,13-14H2,1-4H3. The van der Waals surface area contributed by atoms with Gasteiger partial charge in [0.15, 0.2) is 0 Å². The molecule has 2 aromatic rings. The average molecular weight is 395 g/mol. The minimum Gasteiger partial charge on any atom is -0.392 e. The lowest BCUT2D eigenvalue weighted by molar-refractivity contribution is 0.0794. The Balaban J connectivity index is 1.68. The first-order valence-electron chi connectivity index (χ1n) is 9.47. The molecular formula is C23H26N2O2S. The Morgan fingerprint density at radius 2 is 1.68 bits per heavy atom. The van der Waals surface area contributed by atoms with Crippen LogP contribution in [0.5, 0.6) is 0 Å². The maximum absolute atomic E-state index is 11.6. The van der Waals surface area contributed by atoms with Crippen LogP contribution in [-0.2, 0) is 21.1 Å². The van der Waals surface area contributed by atoms with Gasteiger partial charge in [0.05, 0.1) is 17.2 Å². The highest BCUT2D eigenvalue weighted by Gasteiger charge is 2.25. The fraction of sp³-hybridized carbons (Fsp3) is 0.391. The molecule has 0 spiro atoms. The van der Waals surface area contributed by atoms with Crippen LogP contribution < -0.4 is 0 Å². The zero-order chi connectivity index (χ0) is 20.3. The zero-order valence-electron chi connectivity index (χ0n) is 16.8. The van der Waals surface area contributed by atoms with E-state index in [2.05, 4.69) is 47.6 Å². The van der Waals surface area contributed by atoms with E-state index in [-0.39, 0.29) is 11.4 Å². The molecule has 0 fully saturated rings. The van der Waals surface area contributed by atoms with Gasteiger partial charge in [0, 0.05) is 35.1 Å². The van der Waals surface area contributed by atoms with E-state index < -0.39 is 16.2 Å². The number of oxime groups is 1. The van der Waals surface area contributed by atoms with Crippen LogP contribution in [0.25, 0.3) is 11.1 Å². The summed E-state index contributed by atoms with van der Waals surface area (Å²) in [4.78, 5) is 5.54. The number of nitriles is 1. The molecule has 4 nitrogen and oxygen atoms in total. The molecule has 0 N–H and O–H groups in total. The number of hydrogen-bond donors (Lipinski definition) is 0. The minimum atomic E-state index is -0.843. The Kier molecular flexibility index (Phi) is 6.00. The molecule has 1 heterocycles. The second kappa shape index (κ2) is 8.28. The summed E-state index contributed by atoms with van der Waals surface area (Å²) in [6, 6.07) is 18.8. The predicted octanol–water partition coefficient (Wildman–Crippen LogP) is 4.80. The molecule has 0 saturated carbocycles. The Morgan fingerprint density at radius 1 is 1.14 bits per heavy atom. The van der Waals surface area contributed by atoms with E-state index in [1.165, 1.54) is 0 Å². The molecule has 3 atom stereocenters. The largest absolute Gasteiger partial charge is 0.392 e. The first-order chi connectivity index (χ1) is 13.3. The fourth-order valence-corrected chi connectivity index (χ4v) is 3.72. The lowest BCUT2D eigenvalue weighted by atomic mass is 9.85. The quantitative estimate of drug-likeness (QED) is 0.707. The number of benzene rings is 2. The fourth-order valence-electron chi connectivity index (χ4n) is 3.23. The monoisotopic (exact) mass is 394 g/mol. The van der Waals surface area contributed by atoms with Crippen molar-refractivity contribution in [1.82, 2.24) is 0 Å². The maximum atomic E-state index is 11.6. The Hall–Kier alpha value is -2.45. The molecule has 3 unspecified atom stereocenters. The van der Waals surface area contributed by atoms with Crippen molar-refractivity contribution in [3.8, 4) is 17.2 Å². The van der Waals surface area contributed by atoms with Crippen LogP contribution in [-0.4, -0.2) is 27.5 Å². The summed E-state index contributed by atoms with van der Waals surface area (Å²) in [5, 5.41) is 13.6. The molecule has 1 aliphatic rings. The average Bonchev–Trinajstić information content (AvgIpc) is 3.16. The van der Waals surface area contributed by atoms with Gasteiger partial charge in [-0.05, 0) is 36.1 Å². The smallest absolute Gasteiger partial charge is 0.134 e. The zero-order valence-corrected chi connectivity index (χ0v) is 17.6. The molecule has 5 heteroatoms. The second-order valence-corrected chi connectivity index (χ2v) is 9.71. The Bertz CT molecular complexity index is 925. The molecule has 0 radical (unpaired) electrons. The highest BCUT2D eigenvalue weighted by Crippen LogP contribution is 2.27. The molecule has 3 rings (SSSR count). The van der Waals surface area contributed by atoms with Gasteiger partial charge >= 0.3 is 0 Å². The maximum Gasteiger partial charge on any atom is 0.134 e. The molecule has 146 valence electrons. The van der Waals surface area contributed by atoms with Gasteiger partial charge in [-0.15, -0.1) is 0 Å². The van der Waals surface area contributed by atoms with E-state index in [4.69, 9.17) is 4.84 Å². The van der Waals surface area contributed by atoms with E-state index in [1.807, 2.05) is 32.9 Å². The van der Waals surface area contributed by atoms with Gasteiger partial charge in [0.1, 0.15) is 6.10 Å². The van der Waals surface area contributed by atoms with Crippen molar-refractivity contribution in [2.45, 2.75) is 50.4 Å². The van der Waals surface area contributed by atoms with E-state index >= 15 is 0 Å². The number of hydrogen-bond acceptors (Lipinski definition) is 4. The van der Waals surface area contributed by atoms with Gasteiger partial charge < -0.3 is 4.84 Å². The van der Waals surface area contributed by atoms with Crippen LogP contribution in [0.1, 0.15) is 44.7 Å². The van der Waals surface area contributed by atoms with Crippen LogP contribution in [0.4, 0.5) is 0 Å². The van der Waals surface area contributed by atoms with Crippen LogP contribution in [0.15, 0.2) is 53.7 Å². The minimum absolute atomic E-state index is 0.00427. The Morgan fingerprint density at radius 3 is 2.21 bits per heavy atom. The van der Waals surface area contributed by atoms with Crippen molar-refractivity contribution in [3.05, 3.63) is 59.7 Å². The number of nitrogens with zero attached hydrogens (tertiary/aromatic N) is 2. The van der Waals surface area contributed by atoms with Crippen molar-refractivity contribution >= 4 is 16.5 Å². The molecule has 0 amide bonds. The van der Waals surface area contributed by atoms with Gasteiger partial charge in [-0.25, -0.2) is 0 Å². The summed E-state index contributed by atoms with van der Waals surface area (Å²) in [5.74, 6) is 0. The lowest BCUT2D eigenvalue weighted by Crippen LogP contribution is -2.19. The van der Waals surface area contributed by atoms with Crippen molar-refractivity contribution in [3.63, 3.8) is 0 Å². The van der Waals surface area contributed by atoms with Crippen LogP contribution in [0, 0.1) is 11.3 Å². The third kappa shape index (κ3) is 4.51. The van der Waals surface area contributed by atoms with Gasteiger partial charge in [0.25, 0.3) is 0 Å². The first-order valence-corrected chi connectivity index (χ1v) is 11.1. The van der Waals surface area contributed by atoms with E-state index in [0.717, 1.165) is 40.8 Å². The molecule has 28 heavy (non-hydrogen) atoms. The lowest BCUT2D eigenvalue weighted by Gasteiger charge is -2.16. The SMILES string of the molecule is CC(CC1CC(c2ccc(-c3ccc(C(C)(C)C#N)cc3)cc2)=NO1)S(C)=O. The summed E-state index contributed by atoms with van der Waals surface area (Å²) in [6.45, 7) is 5.83. The van der Waals surface area contributed by atoms with Crippen LogP contribution in [0.3, 0.4) is 0 Å².